The topological polar surface area (TPSA) is 26.3 Å². The molecule has 0 unspecified atom stereocenters. The fraction of sp³-hybridized carbons (Fsp3) is 0.417. The molecule has 5 heteroatoms. The largest absolute Gasteiger partial charge is 0.494 e. The van der Waals surface area contributed by atoms with Gasteiger partial charge in [-0.3, -0.25) is 4.79 Å². The number of Topliss-reactive ketones (excluding diaryl/α,β-unsaturated/α-hetero) is 1. The van der Waals surface area contributed by atoms with E-state index in [4.69, 9.17) is 4.74 Å². The highest BCUT2D eigenvalue weighted by Crippen LogP contribution is 2.26. The van der Waals surface area contributed by atoms with Crippen LogP contribution in [-0.4, -0.2) is 18.6 Å². The Morgan fingerprint density at radius 1 is 1.29 bits per heavy atom. The number of ether oxygens (including phenoxy) is 1. The third-order valence-electron chi connectivity index (χ3n) is 2.26. The highest BCUT2D eigenvalue weighted by atomic mass is 19.4. The number of hydrogen-bond donors (Lipinski definition) is 0. The Kier molecular flexibility index (Phi) is 4.15. The van der Waals surface area contributed by atoms with Gasteiger partial charge in [0, 0.05) is 5.56 Å². The summed E-state index contributed by atoms with van der Waals surface area (Å²) in [5, 5.41) is 0. The van der Waals surface area contributed by atoms with Gasteiger partial charge in [-0.2, -0.15) is 13.2 Å². The minimum Gasteiger partial charge on any atom is -0.494 e. The van der Waals surface area contributed by atoms with Crippen LogP contribution in [0.4, 0.5) is 13.2 Å². The molecule has 0 saturated carbocycles. The number of alkyl halides is 3. The quantitative estimate of drug-likeness (QED) is 0.761. The molecule has 0 aromatic heterocycles. The second-order valence-corrected chi connectivity index (χ2v) is 3.44. The summed E-state index contributed by atoms with van der Waals surface area (Å²) in [5.41, 5.74) is 0.250. The number of halogens is 3. The van der Waals surface area contributed by atoms with Crippen molar-refractivity contribution < 1.29 is 22.7 Å². The first kappa shape index (κ1) is 13.5. The summed E-state index contributed by atoms with van der Waals surface area (Å²) in [4.78, 5) is 11.0. The molecule has 0 N–H and O–H groups in total. The van der Waals surface area contributed by atoms with Gasteiger partial charge >= 0.3 is 6.18 Å². The molecule has 0 fully saturated rings. The van der Waals surface area contributed by atoms with E-state index in [0.717, 1.165) is 6.07 Å². The van der Waals surface area contributed by atoms with Gasteiger partial charge in [0.25, 0.3) is 5.78 Å². The van der Waals surface area contributed by atoms with Crippen LogP contribution in [0.3, 0.4) is 0 Å². The molecule has 0 bridgehead atoms. The van der Waals surface area contributed by atoms with Gasteiger partial charge in [0.05, 0.1) is 6.61 Å². The number of hydrogen-bond acceptors (Lipinski definition) is 2. The highest BCUT2D eigenvalue weighted by Gasteiger charge is 2.39. The molecule has 0 amide bonds. The maximum absolute atomic E-state index is 12.2. The van der Waals surface area contributed by atoms with E-state index in [2.05, 4.69) is 0 Å². The smallest absolute Gasteiger partial charge is 0.454 e. The molecule has 2 nitrogen and oxygen atoms in total. The molecule has 0 aliphatic rings. The van der Waals surface area contributed by atoms with Crippen molar-refractivity contribution in [3.8, 4) is 5.75 Å². The van der Waals surface area contributed by atoms with Gasteiger partial charge in [0.15, 0.2) is 0 Å². The molecule has 0 aliphatic heterocycles. The molecule has 1 rings (SSSR count). The van der Waals surface area contributed by atoms with Crippen LogP contribution in [0.1, 0.15) is 29.8 Å². The molecule has 0 spiro atoms. The normalized spacial score (nSPS) is 11.4. The third kappa shape index (κ3) is 3.22. The Hall–Kier alpha value is -1.52. The van der Waals surface area contributed by atoms with Crippen molar-refractivity contribution >= 4 is 5.78 Å². The molecule has 1 aromatic carbocycles. The van der Waals surface area contributed by atoms with Crippen LogP contribution in [0.25, 0.3) is 0 Å². The van der Waals surface area contributed by atoms with Crippen molar-refractivity contribution in [3.05, 3.63) is 29.3 Å². The number of rotatable bonds is 4. The van der Waals surface area contributed by atoms with E-state index in [-0.39, 0.29) is 5.56 Å². The van der Waals surface area contributed by atoms with Gasteiger partial charge in [-0.25, -0.2) is 0 Å². The van der Waals surface area contributed by atoms with Crippen LogP contribution in [-0.2, 0) is 6.42 Å². The molecule has 0 atom stereocenters. The minimum absolute atomic E-state index is 0.349. The zero-order valence-corrected chi connectivity index (χ0v) is 9.60. The van der Waals surface area contributed by atoms with Crippen molar-refractivity contribution in [1.29, 1.82) is 0 Å². The third-order valence-corrected chi connectivity index (χ3v) is 2.26. The van der Waals surface area contributed by atoms with E-state index in [0.29, 0.717) is 24.3 Å². The standard InChI is InChI=1S/C12H13F3O2/c1-3-8-7-9(11(16)12(13,14)15)5-6-10(8)17-4-2/h5-7H,3-4H2,1-2H3. The lowest BCUT2D eigenvalue weighted by molar-refractivity contribution is -0.0885. The second kappa shape index (κ2) is 5.21. The molecule has 1 aromatic rings. The molecule has 0 aliphatic carbocycles. The van der Waals surface area contributed by atoms with E-state index in [1.165, 1.54) is 12.1 Å². The van der Waals surface area contributed by atoms with E-state index >= 15 is 0 Å². The predicted octanol–water partition coefficient (Wildman–Crippen LogP) is 3.39. The van der Waals surface area contributed by atoms with Crippen molar-refractivity contribution in [2.24, 2.45) is 0 Å². The molecule has 0 heterocycles. The van der Waals surface area contributed by atoms with E-state index in [9.17, 15) is 18.0 Å². The molecular formula is C12H13F3O2. The summed E-state index contributed by atoms with van der Waals surface area (Å²) in [5.74, 6) is -1.30. The summed E-state index contributed by atoms with van der Waals surface area (Å²) >= 11 is 0. The lowest BCUT2D eigenvalue weighted by Gasteiger charge is -2.11. The van der Waals surface area contributed by atoms with Crippen molar-refractivity contribution in [2.75, 3.05) is 6.61 Å². The fourth-order valence-corrected chi connectivity index (χ4v) is 1.46. The first-order valence-corrected chi connectivity index (χ1v) is 5.27. The molecule has 0 saturated heterocycles. The highest BCUT2D eigenvalue weighted by molar-refractivity contribution is 6.00. The Morgan fingerprint density at radius 3 is 2.41 bits per heavy atom. The van der Waals surface area contributed by atoms with Crippen LogP contribution < -0.4 is 4.74 Å². The molecule has 94 valence electrons. The molecule has 17 heavy (non-hydrogen) atoms. The van der Waals surface area contributed by atoms with Crippen LogP contribution in [0.5, 0.6) is 5.75 Å². The Balaban J connectivity index is 3.09. The zero-order valence-electron chi connectivity index (χ0n) is 9.60. The van der Waals surface area contributed by atoms with Gasteiger partial charge in [0.1, 0.15) is 5.75 Å². The van der Waals surface area contributed by atoms with Gasteiger partial charge in [-0.15, -0.1) is 0 Å². The van der Waals surface area contributed by atoms with Crippen LogP contribution in [0, 0.1) is 0 Å². The van der Waals surface area contributed by atoms with Crippen molar-refractivity contribution in [1.82, 2.24) is 0 Å². The summed E-state index contributed by atoms with van der Waals surface area (Å²) in [7, 11) is 0. The van der Waals surface area contributed by atoms with Gasteiger partial charge in [-0.1, -0.05) is 6.92 Å². The van der Waals surface area contributed by atoms with Crippen molar-refractivity contribution in [2.45, 2.75) is 26.4 Å². The Bertz CT molecular complexity index is 411. The van der Waals surface area contributed by atoms with E-state index < -0.39 is 12.0 Å². The van der Waals surface area contributed by atoms with Crippen molar-refractivity contribution in [3.63, 3.8) is 0 Å². The fourth-order valence-electron chi connectivity index (χ4n) is 1.46. The summed E-state index contributed by atoms with van der Waals surface area (Å²) < 4.78 is 42.0. The second-order valence-electron chi connectivity index (χ2n) is 3.44. The first-order chi connectivity index (χ1) is 7.90. The van der Waals surface area contributed by atoms with Crippen LogP contribution in [0.2, 0.25) is 0 Å². The monoisotopic (exact) mass is 246 g/mol. The lowest BCUT2D eigenvalue weighted by Crippen LogP contribution is -2.22. The number of benzene rings is 1. The maximum atomic E-state index is 12.2. The van der Waals surface area contributed by atoms with Gasteiger partial charge < -0.3 is 4.74 Å². The summed E-state index contributed by atoms with van der Waals surface area (Å²) in [6, 6.07) is 3.78. The number of aryl methyl sites for hydroxylation is 1. The number of carbonyl (C=O) groups excluding carboxylic acids is 1. The minimum atomic E-state index is -4.84. The van der Waals surface area contributed by atoms with Gasteiger partial charge in [-0.05, 0) is 37.1 Å². The summed E-state index contributed by atoms with van der Waals surface area (Å²) in [6.45, 7) is 4.01. The zero-order chi connectivity index (χ0) is 13.1. The predicted molar refractivity (Wildman–Crippen MR) is 57.4 cm³/mol. The number of ketones is 1. The maximum Gasteiger partial charge on any atom is 0.454 e. The SMILES string of the molecule is CCOc1ccc(C(=O)C(F)(F)F)cc1CC. The average molecular weight is 246 g/mol. The van der Waals surface area contributed by atoms with Crippen LogP contribution >= 0.6 is 0 Å². The number of carbonyl (C=O) groups is 1. The molecule has 0 radical (unpaired) electrons. The van der Waals surface area contributed by atoms with E-state index in [1.54, 1.807) is 13.8 Å². The first-order valence-electron chi connectivity index (χ1n) is 5.27. The lowest BCUT2D eigenvalue weighted by atomic mass is 10.0. The molecular weight excluding hydrogens is 233 g/mol. The van der Waals surface area contributed by atoms with Crippen LogP contribution in [0.15, 0.2) is 18.2 Å². The Labute approximate surface area is 97.4 Å². The Morgan fingerprint density at radius 2 is 1.94 bits per heavy atom. The summed E-state index contributed by atoms with van der Waals surface area (Å²) in [6.07, 6.45) is -4.33. The average Bonchev–Trinajstić information content (AvgIpc) is 2.28. The van der Waals surface area contributed by atoms with E-state index in [1.807, 2.05) is 0 Å². The van der Waals surface area contributed by atoms with Gasteiger partial charge in [0.2, 0.25) is 0 Å².